The zero-order valence-corrected chi connectivity index (χ0v) is 28.3. The van der Waals surface area contributed by atoms with Crippen molar-refractivity contribution in [1.82, 2.24) is 20.9 Å². The van der Waals surface area contributed by atoms with Gasteiger partial charge in [0, 0.05) is 12.1 Å². The summed E-state index contributed by atoms with van der Waals surface area (Å²) in [4.78, 5) is 81.6. The number of likely N-dealkylation sites (tertiary alicyclic amines) is 1. The first kappa shape index (κ1) is 36.1. The number of amides is 5. The summed E-state index contributed by atoms with van der Waals surface area (Å²) in [7, 11) is 0. The van der Waals surface area contributed by atoms with Crippen LogP contribution in [-0.4, -0.2) is 70.9 Å². The molecule has 11 heteroatoms. The predicted molar refractivity (Wildman–Crippen MR) is 178 cm³/mol. The van der Waals surface area contributed by atoms with Gasteiger partial charge in [-0.3, -0.25) is 24.0 Å². The second-order valence-electron chi connectivity index (χ2n) is 14.4. The van der Waals surface area contributed by atoms with Crippen LogP contribution in [-0.2, 0) is 19.2 Å². The normalized spacial score (nSPS) is 22.2. The Hall–Kier alpha value is -3.76. The lowest BCUT2D eigenvalue weighted by molar-refractivity contribution is -0.144. The number of hydrogen-bond donors (Lipinski definition) is 4. The van der Waals surface area contributed by atoms with Crippen molar-refractivity contribution < 1.29 is 28.8 Å². The summed E-state index contributed by atoms with van der Waals surface area (Å²) in [5.41, 5.74) is 5.84. The molecular weight excluding hydrogens is 598 g/mol. The molecule has 1 heterocycles. The molecule has 2 saturated carbocycles. The van der Waals surface area contributed by atoms with Gasteiger partial charge >= 0.3 is 6.03 Å². The van der Waals surface area contributed by atoms with Crippen molar-refractivity contribution in [3.05, 3.63) is 35.9 Å². The van der Waals surface area contributed by atoms with Gasteiger partial charge in [0.2, 0.25) is 17.6 Å². The average Bonchev–Trinajstić information content (AvgIpc) is 3.49. The Morgan fingerprint density at radius 2 is 1.49 bits per heavy atom. The molecule has 0 aromatic heterocycles. The summed E-state index contributed by atoms with van der Waals surface area (Å²) < 4.78 is 0. The number of urea groups is 1. The van der Waals surface area contributed by atoms with Crippen LogP contribution in [0.1, 0.15) is 102 Å². The molecule has 1 unspecified atom stereocenters. The third-order valence-corrected chi connectivity index (χ3v) is 10.5. The smallest absolute Gasteiger partial charge is 0.316 e. The topological polar surface area (TPSA) is 168 Å². The molecule has 4 rings (SSSR count). The monoisotopic (exact) mass is 651 g/mol. The number of ketones is 2. The molecule has 0 radical (unpaired) electrons. The van der Waals surface area contributed by atoms with Crippen LogP contribution < -0.4 is 21.7 Å². The lowest BCUT2D eigenvalue weighted by Gasteiger charge is -2.37. The van der Waals surface area contributed by atoms with Crippen LogP contribution in [0.3, 0.4) is 0 Å². The van der Waals surface area contributed by atoms with Gasteiger partial charge in [-0.05, 0) is 55.3 Å². The molecule has 3 aliphatic rings. The Morgan fingerprint density at radius 1 is 0.830 bits per heavy atom. The van der Waals surface area contributed by atoms with Crippen molar-refractivity contribution in [3.63, 3.8) is 0 Å². The fourth-order valence-corrected chi connectivity index (χ4v) is 7.49. The van der Waals surface area contributed by atoms with E-state index in [1.807, 2.05) is 33.8 Å². The van der Waals surface area contributed by atoms with Crippen LogP contribution in [0.2, 0.25) is 0 Å². The standard InChI is InChI=1S/C36H53N5O6/c1-21(2)26-18-19-41(30(26)34(45)38-27(32(43)33(37)44)20-23-12-11-13-23)35(46)29(24-14-7-5-8-15-24)40-36(47)39-28(22(3)4)31(42)25-16-9-6-10-17-25/h6,9-10,16-17,21-24,26-30H,5,7-8,11-15,18-20H2,1-4H3,(H2,37,44)(H,38,45)(H2,39,40,47)/t26-,27?,28+,29+,30+/m1/s1. The molecule has 258 valence electrons. The van der Waals surface area contributed by atoms with E-state index in [0.717, 1.165) is 51.4 Å². The van der Waals surface area contributed by atoms with Crippen molar-refractivity contribution in [2.24, 2.45) is 35.3 Å². The molecule has 2 aliphatic carbocycles. The summed E-state index contributed by atoms with van der Waals surface area (Å²) in [6.07, 6.45) is 8.21. The molecule has 1 saturated heterocycles. The average molecular weight is 652 g/mol. The molecule has 1 aromatic carbocycles. The predicted octanol–water partition coefficient (Wildman–Crippen LogP) is 3.74. The van der Waals surface area contributed by atoms with Gasteiger partial charge in [-0.15, -0.1) is 0 Å². The van der Waals surface area contributed by atoms with E-state index in [1.54, 1.807) is 29.2 Å². The Labute approximate surface area is 278 Å². The van der Waals surface area contributed by atoms with E-state index in [2.05, 4.69) is 16.0 Å². The highest BCUT2D eigenvalue weighted by Gasteiger charge is 2.47. The van der Waals surface area contributed by atoms with Crippen molar-refractivity contribution in [3.8, 4) is 0 Å². The van der Waals surface area contributed by atoms with Crippen LogP contribution in [0, 0.1) is 29.6 Å². The van der Waals surface area contributed by atoms with Crippen LogP contribution >= 0.6 is 0 Å². The summed E-state index contributed by atoms with van der Waals surface area (Å²) in [5.74, 6) is -3.18. The van der Waals surface area contributed by atoms with Gasteiger partial charge in [-0.1, -0.05) is 96.6 Å². The molecule has 1 aromatic rings. The van der Waals surface area contributed by atoms with E-state index < -0.39 is 47.8 Å². The van der Waals surface area contributed by atoms with Gasteiger partial charge in [0.25, 0.3) is 5.91 Å². The van der Waals surface area contributed by atoms with Gasteiger partial charge in [-0.25, -0.2) is 4.79 Å². The van der Waals surface area contributed by atoms with Gasteiger partial charge < -0.3 is 26.6 Å². The minimum absolute atomic E-state index is 0.0562. The van der Waals surface area contributed by atoms with Crippen LogP contribution in [0.5, 0.6) is 0 Å². The number of nitrogens with zero attached hydrogens (tertiary/aromatic N) is 1. The molecule has 5 amide bonds. The van der Waals surface area contributed by atoms with Crippen molar-refractivity contribution >= 4 is 35.3 Å². The van der Waals surface area contributed by atoms with Gasteiger partial charge in [-0.2, -0.15) is 0 Å². The molecule has 1 aliphatic heterocycles. The SMILES string of the molecule is CC(C)[C@H](NC(=O)N[C@H](C(=O)N1CC[C@H](C(C)C)[C@H]1C(=O)NC(CC1CCC1)C(=O)C(N)=O)C1CCCCC1)C(=O)c1ccccc1. The third kappa shape index (κ3) is 8.99. The highest BCUT2D eigenvalue weighted by atomic mass is 16.2. The quantitative estimate of drug-likeness (QED) is 0.177. The lowest BCUT2D eigenvalue weighted by atomic mass is 9.80. The summed E-state index contributed by atoms with van der Waals surface area (Å²) in [6.45, 7) is 8.04. The molecule has 0 bridgehead atoms. The number of rotatable bonds is 14. The molecule has 3 fully saturated rings. The minimum atomic E-state index is -1.09. The maximum absolute atomic E-state index is 14.5. The molecule has 47 heavy (non-hydrogen) atoms. The van der Waals surface area contributed by atoms with E-state index in [-0.39, 0.29) is 41.3 Å². The number of Topliss-reactive ketones (excluding diaryl/α,β-unsaturated/α-hetero) is 2. The van der Waals surface area contributed by atoms with E-state index in [1.165, 1.54) is 0 Å². The van der Waals surface area contributed by atoms with Crippen LogP contribution in [0.15, 0.2) is 30.3 Å². The maximum Gasteiger partial charge on any atom is 0.316 e. The number of hydrogen-bond acceptors (Lipinski definition) is 6. The molecule has 5 N–H and O–H groups in total. The number of carbonyl (C=O) groups is 6. The Balaban J connectivity index is 1.56. The van der Waals surface area contributed by atoms with E-state index >= 15 is 0 Å². The zero-order valence-electron chi connectivity index (χ0n) is 28.3. The summed E-state index contributed by atoms with van der Waals surface area (Å²) >= 11 is 0. The summed E-state index contributed by atoms with van der Waals surface area (Å²) in [6, 6.07) is 4.58. The number of benzene rings is 1. The molecular formula is C36H53N5O6. The molecule has 0 spiro atoms. The van der Waals surface area contributed by atoms with E-state index in [9.17, 15) is 28.8 Å². The van der Waals surface area contributed by atoms with Gasteiger partial charge in [0.1, 0.15) is 12.1 Å². The van der Waals surface area contributed by atoms with E-state index in [0.29, 0.717) is 24.9 Å². The van der Waals surface area contributed by atoms with Gasteiger partial charge in [0.15, 0.2) is 5.78 Å². The van der Waals surface area contributed by atoms with Gasteiger partial charge in [0.05, 0.1) is 12.1 Å². The fourth-order valence-electron chi connectivity index (χ4n) is 7.49. The van der Waals surface area contributed by atoms with Crippen molar-refractivity contribution in [2.45, 2.75) is 116 Å². The zero-order chi connectivity index (χ0) is 34.2. The summed E-state index contributed by atoms with van der Waals surface area (Å²) in [5, 5.41) is 8.59. The number of primary amides is 1. The van der Waals surface area contributed by atoms with Crippen molar-refractivity contribution in [2.75, 3.05) is 6.54 Å². The Kier molecular flexibility index (Phi) is 12.6. The number of nitrogens with two attached hydrogens (primary N) is 1. The van der Waals surface area contributed by atoms with E-state index in [4.69, 9.17) is 5.73 Å². The van der Waals surface area contributed by atoms with Crippen LogP contribution in [0.4, 0.5) is 4.79 Å². The number of carbonyl (C=O) groups excluding carboxylic acids is 6. The highest BCUT2D eigenvalue weighted by Crippen LogP contribution is 2.35. The first-order valence-corrected chi connectivity index (χ1v) is 17.5. The molecule has 5 atom stereocenters. The maximum atomic E-state index is 14.5. The first-order chi connectivity index (χ1) is 22.4. The van der Waals surface area contributed by atoms with Crippen LogP contribution in [0.25, 0.3) is 0 Å². The highest BCUT2D eigenvalue weighted by molar-refractivity contribution is 6.37. The minimum Gasteiger partial charge on any atom is -0.363 e. The second-order valence-corrected chi connectivity index (χ2v) is 14.4. The second kappa shape index (κ2) is 16.4. The lowest BCUT2D eigenvalue weighted by Crippen LogP contribution is -2.61. The molecule has 11 nitrogen and oxygen atoms in total. The Bertz CT molecular complexity index is 1290. The number of nitrogens with one attached hydrogen (secondary N) is 3. The largest absolute Gasteiger partial charge is 0.363 e. The van der Waals surface area contributed by atoms with Crippen molar-refractivity contribution in [1.29, 1.82) is 0 Å². The fraction of sp³-hybridized carbons (Fsp3) is 0.667. The Morgan fingerprint density at radius 3 is 2.04 bits per heavy atom. The third-order valence-electron chi connectivity index (χ3n) is 10.5. The first-order valence-electron chi connectivity index (χ1n) is 17.5.